The number of thiazole rings is 1. The summed E-state index contributed by atoms with van der Waals surface area (Å²) in [6.45, 7) is 0.381. The van der Waals surface area contributed by atoms with Gasteiger partial charge in [0.15, 0.2) is 5.69 Å². The zero-order chi connectivity index (χ0) is 23.4. The van der Waals surface area contributed by atoms with E-state index in [1.54, 1.807) is 0 Å². The molecule has 12 heteroatoms. The summed E-state index contributed by atoms with van der Waals surface area (Å²) in [6, 6.07) is 10.1. The van der Waals surface area contributed by atoms with E-state index in [4.69, 9.17) is 0 Å². The van der Waals surface area contributed by atoms with Crippen molar-refractivity contribution < 1.29 is 22.4 Å². The molecular formula is C21H18F4N6OS. The summed E-state index contributed by atoms with van der Waals surface area (Å²) < 4.78 is 54.0. The minimum Gasteiger partial charge on any atom is -0.345 e. The van der Waals surface area contributed by atoms with Gasteiger partial charge in [0.25, 0.3) is 5.91 Å². The molecule has 0 radical (unpaired) electrons. The Kier molecular flexibility index (Phi) is 6.65. The Morgan fingerprint density at radius 2 is 1.91 bits per heavy atom. The SMILES string of the molecule is O=C(NCc1ncccc1F)c1nc(CCNCc2nc3ccccc3[nH]2)sc1C(F)(F)F. The van der Waals surface area contributed by atoms with Gasteiger partial charge in [-0.3, -0.25) is 9.78 Å². The molecule has 172 valence electrons. The molecule has 1 amide bonds. The lowest BCUT2D eigenvalue weighted by Gasteiger charge is -2.07. The molecule has 33 heavy (non-hydrogen) atoms. The number of benzene rings is 1. The first-order chi connectivity index (χ1) is 15.8. The standard InChI is InChI=1S/C21H18F4N6OS/c22-12-4-3-8-27-15(12)10-28-20(32)18-19(21(23,24)25)33-17(31-18)7-9-26-11-16-29-13-5-1-2-6-14(13)30-16/h1-6,8,26H,7,9-11H2,(H,28,32)(H,29,30). The van der Waals surface area contributed by atoms with Gasteiger partial charge in [-0.05, 0) is 24.3 Å². The maximum absolute atomic E-state index is 13.7. The fraction of sp³-hybridized carbons (Fsp3) is 0.238. The highest BCUT2D eigenvalue weighted by Gasteiger charge is 2.39. The van der Waals surface area contributed by atoms with Crippen LogP contribution in [0, 0.1) is 5.82 Å². The number of amides is 1. The Morgan fingerprint density at radius 3 is 2.67 bits per heavy atom. The van der Waals surface area contributed by atoms with Crippen molar-refractivity contribution in [1.82, 2.24) is 30.6 Å². The molecule has 0 fully saturated rings. The highest BCUT2D eigenvalue weighted by atomic mass is 32.1. The van der Waals surface area contributed by atoms with Gasteiger partial charge in [-0.2, -0.15) is 13.2 Å². The van der Waals surface area contributed by atoms with Crippen LogP contribution in [0.4, 0.5) is 17.6 Å². The molecule has 0 bridgehead atoms. The Balaban J connectivity index is 1.38. The van der Waals surface area contributed by atoms with E-state index in [1.165, 1.54) is 12.3 Å². The Labute approximate surface area is 189 Å². The van der Waals surface area contributed by atoms with Crippen LogP contribution in [0.1, 0.15) is 31.9 Å². The Hall–Kier alpha value is -3.38. The van der Waals surface area contributed by atoms with Gasteiger partial charge in [0.1, 0.15) is 16.5 Å². The number of carbonyl (C=O) groups is 1. The molecule has 0 aliphatic heterocycles. The topological polar surface area (TPSA) is 95.6 Å². The van der Waals surface area contributed by atoms with E-state index in [9.17, 15) is 22.4 Å². The van der Waals surface area contributed by atoms with Gasteiger partial charge >= 0.3 is 6.18 Å². The van der Waals surface area contributed by atoms with Crippen LogP contribution in [0.15, 0.2) is 42.6 Å². The number of aromatic nitrogens is 4. The molecule has 4 aromatic rings. The van der Waals surface area contributed by atoms with Crippen LogP contribution in [-0.2, 0) is 25.7 Å². The number of aromatic amines is 1. The first-order valence-corrected chi connectivity index (χ1v) is 10.7. The number of nitrogens with one attached hydrogen (secondary N) is 3. The largest absolute Gasteiger partial charge is 0.427 e. The van der Waals surface area contributed by atoms with Crippen molar-refractivity contribution >= 4 is 28.3 Å². The fourth-order valence-electron chi connectivity index (χ4n) is 3.11. The highest BCUT2D eigenvalue weighted by Crippen LogP contribution is 2.36. The lowest BCUT2D eigenvalue weighted by atomic mass is 10.3. The third-order valence-corrected chi connectivity index (χ3v) is 5.80. The Bertz CT molecular complexity index is 1240. The summed E-state index contributed by atoms with van der Waals surface area (Å²) in [7, 11) is 0. The van der Waals surface area contributed by atoms with Crippen molar-refractivity contribution in [2.45, 2.75) is 25.7 Å². The molecule has 3 heterocycles. The molecule has 0 saturated heterocycles. The summed E-state index contributed by atoms with van der Waals surface area (Å²) in [6.07, 6.45) is -3.22. The van der Waals surface area contributed by atoms with E-state index >= 15 is 0 Å². The number of pyridine rings is 1. The monoisotopic (exact) mass is 478 g/mol. The van der Waals surface area contributed by atoms with Crippen molar-refractivity contribution in [1.29, 1.82) is 0 Å². The molecule has 3 aromatic heterocycles. The quantitative estimate of drug-likeness (QED) is 0.264. The minimum atomic E-state index is -4.74. The van der Waals surface area contributed by atoms with E-state index in [0.717, 1.165) is 17.1 Å². The number of hydrogen-bond acceptors (Lipinski definition) is 6. The second-order valence-corrected chi connectivity index (χ2v) is 8.11. The maximum atomic E-state index is 13.7. The number of para-hydroxylation sites is 2. The number of rotatable bonds is 8. The van der Waals surface area contributed by atoms with Gasteiger partial charge < -0.3 is 15.6 Å². The van der Waals surface area contributed by atoms with Crippen LogP contribution in [-0.4, -0.2) is 32.4 Å². The second-order valence-electron chi connectivity index (χ2n) is 7.03. The number of H-pyrrole nitrogens is 1. The van der Waals surface area contributed by atoms with E-state index in [0.29, 0.717) is 30.3 Å². The predicted octanol–water partition coefficient (Wildman–Crippen LogP) is 3.83. The number of carbonyl (C=O) groups excluding carboxylic acids is 1. The first-order valence-electron chi connectivity index (χ1n) is 9.90. The molecule has 0 aliphatic rings. The van der Waals surface area contributed by atoms with Crippen LogP contribution in [0.25, 0.3) is 11.0 Å². The zero-order valence-corrected chi connectivity index (χ0v) is 17.9. The average molecular weight is 478 g/mol. The normalized spacial score (nSPS) is 11.8. The first kappa shape index (κ1) is 22.8. The van der Waals surface area contributed by atoms with E-state index in [1.807, 2.05) is 24.3 Å². The van der Waals surface area contributed by atoms with Crippen molar-refractivity contribution in [3.8, 4) is 0 Å². The van der Waals surface area contributed by atoms with Crippen LogP contribution in [0.2, 0.25) is 0 Å². The van der Waals surface area contributed by atoms with Crippen molar-refractivity contribution in [3.05, 3.63) is 75.5 Å². The summed E-state index contributed by atoms with van der Waals surface area (Å²) in [5.41, 5.74) is 0.913. The molecule has 0 spiro atoms. The predicted molar refractivity (Wildman–Crippen MR) is 114 cm³/mol. The van der Waals surface area contributed by atoms with Crippen LogP contribution < -0.4 is 10.6 Å². The summed E-state index contributed by atoms with van der Waals surface area (Å²) >= 11 is 0.420. The number of fused-ring (bicyclic) bond motifs is 1. The summed E-state index contributed by atoms with van der Waals surface area (Å²) in [5, 5.41) is 5.52. The van der Waals surface area contributed by atoms with Crippen molar-refractivity contribution in [2.75, 3.05) is 6.54 Å². The third-order valence-electron chi connectivity index (χ3n) is 4.64. The van der Waals surface area contributed by atoms with E-state index < -0.39 is 28.5 Å². The molecule has 0 atom stereocenters. The molecular weight excluding hydrogens is 460 g/mol. The number of nitrogens with zero attached hydrogens (tertiary/aromatic N) is 3. The molecule has 0 saturated carbocycles. The van der Waals surface area contributed by atoms with Crippen molar-refractivity contribution in [2.24, 2.45) is 0 Å². The molecule has 4 rings (SSSR count). The summed E-state index contributed by atoms with van der Waals surface area (Å²) in [4.78, 5) is 26.5. The smallest absolute Gasteiger partial charge is 0.345 e. The van der Waals surface area contributed by atoms with Crippen LogP contribution in [0.5, 0.6) is 0 Å². The van der Waals surface area contributed by atoms with E-state index in [2.05, 4.69) is 30.6 Å². The molecule has 1 aromatic carbocycles. The van der Waals surface area contributed by atoms with Crippen LogP contribution >= 0.6 is 11.3 Å². The van der Waals surface area contributed by atoms with E-state index in [-0.39, 0.29) is 23.7 Å². The zero-order valence-electron chi connectivity index (χ0n) is 17.0. The van der Waals surface area contributed by atoms with Gasteiger partial charge in [-0.25, -0.2) is 14.4 Å². The number of halogens is 4. The summed E-state index contributed by atoms with van der Waals surface area (Å²) in [5.74, 6) is -0.999. The average Bonchev–Trinajstić information content (AvgIpc) is 3.40. The van der Waals surface area contributed by atoms with Crippen LogP contribution in [0.3, 0.4) is 0 Å². The molecule has 3 N–H and O–H groups in total. The molecule has 0 unspecified atom stereocenters. The fourth-order valence-corrected chi connectivity index (χ4v) is 4.03. The molecule has 0 aliphatic carbocycles. The number of alkyl halides is 3. The second kappa shape index (κ2) is 9.63. The minimum absolute atomic E-state index is 0.0790. The lowest BCUT2D eigenvalue weighted by molar-refractivity contribution is -0.134. The van der Waals surface area contributed by atoms with Crippen molar-refractivity contribution in [3.63, 3.8) is 0 Å². The molecule has 7 nitrogen and oxygen atoms in total. The van der Waals surface area contributed by atoms with Gasteiger partial charge in [0, 0.05) is 19.2 Å². The van der Waals surface area contributed by atoms with Gasteiger partial charge in [-0.15, -0.1) is 11.3 Å². The Morgan fingerprint density at radius 1 is 1.09 bits per heavy atom. The third kappa shape index (κ3) is 5.52. The van der Waals surface area contributed by atoms with Gasteiger partial charge in [0.05, 0.1) is 34.8 Å². The maximum Gasteiger partial charge on any atom is 0.427 e. The van der Waals surface area contributed by atoms with Gasteiger partial charge in [-0.1, -0.05) is 12.1 Å². The number of imidazole rings is 1. The van der Waals surface area contributed by atoms with Gasteiger partial charge in [0.2, 0.25) is 0 Å². The number of hydrogen-bond donors (Lipinski definition) is 3. The highest BCUT2D eigenvalue weighted by molar-refractivity contribution is 7.12. The lowest BCUT2D eigenvalue weighted by Crippen LogP contribution is -2.26.